The molecule has 2 aromatic rings. The highest BCUT2D eigenvalue weighted by molar-refractivity contribution is 5.33. The van der Waals surface area contributed by atoms with Crippen LogP contribution in [-0.2, 0) is 13.1 Å². The molecule has 0 spiro atoms. The highest BCUT2D eigenvalue weighted by Gasteiger charge is 2.02. The van der Waals surface area contributed by atoms with Crippen LogP contribution in [0.4, 0.5) is 0 Å². The number of nitrogens with zero attached hydrogens (tertiary/aromatic N) is 1. The monoisotopic (exact) mass is 252 g/mol. The van der Waals surface area contributed by atoms with Crippen molar-refractivity contribution in [1.82, 2.24) is 5.32 Å². The number of hydrogen-bond acceptors (Lipinski definition) is 3. The van der Waals surface area contributed by atoms with Crippen LogP contribution in [0, 0.1) is 11.3 Å². The molecule has 1 N–H and O–H groups in total. The molecular weight excluding hydrogens is 236 g/mol. The molecule has 0 aliphatic carbocycles. The average molecular weight is 252 g/mol. The van der Waals surface area contributed by atoms with Crippen molar-refractivity contribution in [3.63, 3.8) is 0 Å². The van der Waals surface area contributed by atoms with E-state index in [4.69, 9.17) is 10.00 Å². The average Bonchev–Trinajstić information content (AvgIpc) is 2.47. The van der Waals surface area contributed by atoms with Gasteiger partial charge in [-0.05, 0) is 11.6 Å². The second-order valence-electron chi connectivity index (χ2n) is 4.14. The number of nitrogens with one attached hydrogen (secondary N) is 1. The second kappa shape index (κ2) is 7.20. The molecular formula is C16H16N2O. The predicted octanol–water partition coefficient (Wildman–Crippen LogP) is 2.88. The predicted molar refractivity (Wildman–Crippen MR) is 74.5 cm³/mol. The van der Waals surface area contributed by atoms with Gasteiger partial charge in [0, 0.05) is 18.7 Å². The lowest BCUT2D eigenvalue weighted by molar-refractivity contribution is 0.362. The van der Waals surface area contributed by atoms with Crippen molar-refractivity contribution in [3.8, 4) is 11.8 Å². The Morgan fingerprint density at radius 1 is 0.947 bits per heavy atom. The van der Waals surface area contributed by atoms with E-state index in [0.717, 1.165) is 24.4 Å². The minimum atomic E-state index is 0.0791. The van der Waals surface area contributed by atoms with Crippen LogP contribution in [0.15, 0.2) is 54.6 Å². The Morgan fingerprint density at radius 2 is 1.68 bits per heavy atom. The SMILES string of the molecule is N#CCOc1ccccc1CNCc1ccccc1. The van der Waals surface area contributed by atoms with Gasteiger partial charge in [-0.1, -0.05) is 48.5 Å². The Hall–Kier alpha value is -2.31. The molecule has 3 heteroatoms. The Bertz CT molecular complexity index is 546. The van der Waals surface area contributed by atoms with Crippen LogP contribution >= 0.6 is 0 Å². The Labute approximate surface area is 113 Å². The van der Waals surface area contributed by atoms with E-state index >= 15 is 0 Å². The molecule has 0 amide bonds. The van der Waals surface area contributed by atoms with Crippen LogP contribution in [0.2, 0.25) is 0 Å². The Kier molecular flexibility index (Phi) is 4.97. The summed E-state index contributed by atoms with van der Waals surface area (Å²) in [4.78, 5) is 0. The first-order valence-corrected chi connectivity index (χ1v) is 6.22. The van der Waals surface area contributed by atoms with Crippen LogP contribution in [0.25, 0.3) is 0 Å². The Balaban J connectivity index is 1.90. The summed E-state index contributed by atoms with van der Waals surface area (Å²) in [6.07, 6.45) is 0. The highest BCUT2D eigenvalue weighted by atomic mass is 16.5. The van der Waals surface area contributed by atoms with Gasteiger partial charge in [0.25, 0.3) is 0 Å². The highest BCUT2D eigenvalue weighted by Crippen LogP contribution is 2.17. The van der Waals surface area contributed by atoms with Crippen molar-refractivity contribution in [1.29, 1.82) is 5.26 Å². The van der Waals surface area contributed by atoms with E-state index in [1.54, 1.807) is 0 Å². The number of para-hydroxylation sites is 1. The third-order valence-corrected chi connectivity index (χ3v) is 2.75. The normalized spacial score (nSPS) is 9.84. The molecule has 0 radical (unpaired) electrons. The largest absolute Gasteiger partial charge is 0.478 e. The molecule has 19 heavy (non-hydrogen) atoms. The van der Waals surface area contributed by atoms with Crippen molar-refractivity contribution >= 4 is 0 Å². The summed E-state index contributed by atoms with van der Waals surface area (Å²) in [5, 5.41) is 11.9. The van der Waals surface area contributed by atoms with Gasteiger partial charge < -0.3 is 10.1 Å². The second-order valence-corrected chi connectivity index (χ2v) is 4.14. The molecule has 0 atom stereocenters. The van der Waals surface area contributed by atoms with E-state index in [-0.39, 0.29) is 6.61 Å². The lowest BCUT2D eigenvalue weighted by Gasteiger charge is -2.10. The van der Waals surface area contributed by atoms with Gasteiger partial charge in [-0.15, -0.1) is 0 Å². The maximum absolute atomic E-state index is 8.55. The van der Waals surface area contributed by atoms with Crippen LogP contribution in [0.5, 0.6) is 5.75 Å². The molecule has 0 heterocycles. The summed E-state index contributed by atoms with van der Waals surface area (Å²) in [7, 11) is 0. The van der Waals surface area contributed by atoms with Crippen molar-refractivity contribution in [2.75, 3.05) is 6.61 Å². The fourth-order valence-electron chi connectivity index (χ4n) is 1.84. The molecule has 2 rings (SSSR count). The number of benzene rings is 2. The van der Waals surface area contributed by atoms with Gasteiger partial charge in [0.05, 0.1) is 0 Å². The third kappa shape index (κ3) is 4.13. The van der Waals surface area contributed by atoms with Crippen LogP contribution in [0.1, 0.15) is 11.1 Å². The van der Waals surface area contributed by atoms with Gasteiger partial charge in [0.15, 0.2) is 6.61 Å². The zero-order chi connectivity index (χ0) is 13.3. The van der Waals surface area contributed by atoms with E-state index in [9.17, 15) is 0 Å². The van der Waals surface area contributed by atoms with E-state index < -0.39 is 0 Å². The smallest absolute Gasteiger partial charge is 0.174 e. The number of ether oxygens (including phenoxy) is 1. The van der Waals surface area contributed by atoms with Crippen LogP contribution in [0.3, 0.4) is 0 Å². The van der Waals surface area contributed by atoms with Crippen LogP contribution < -0.4 is 10.1 Å². The van der Waals surface area contributed by atoms with Crippen molar-refractivity contribution in [2.45, 2.75) is 13.1 Å². The van der Waals surface area contributed by atoms with Crippen LogP contribution in [-0.4, -0.2) is 6.61 Å². The van der Waals surface area contributed by atoms with Gasteiger partial charge in [-0.3, -0.25) is 0 Å². The molecule has 0 aliphatic heterocycles. The molecule has 96 valence electrons. The third-order valence-electron chi connectivity index (χ3n) is 2.75. The summed E-state index contributed by atoms with van der Waals surface area (Å²) < 4.78 is 5.39. The summed E-state index contributed by atoms with van der Waals surface area (Å²) >= 11 is 0. The van der Waals surface area contributed by atoms with Gasteiger partial charge in [0.1, 0.15) is 11.8 Å². The summed E-state index contributed by atoms with van der Waals surface area (Å²) in [5.41, 5.74) is 2.31. The molecule has 0 saturated heterocycles. The summed E-state index contributed by atoms with van der Waals surface area (Å²) in [6, 6.07) is 20.0. The zero-order valence-corrected chi connectivity index (χ0v) is 10.7. The fraction of sp³-hybridized carbons (Fsp3) is 0.188. The zero-order valence-electron chi connectivity index (χ0n) is 10.7. The standard InChI is InChI=1S/C16H16N2O/c17-10-11-19-16-9-5-4-8-15(16)13-18-12-14-6-2-1-3-7-14/h1-9,18H,11-13H2. The molecule has 0 unspecified atom stereocenters. The maximum Gasteiger partial charge on any atom is 0.174 e. The van der Waals surface area contributed by atoms with E-state index in [2.05, 4.69) is 17.4 Å². The van der Waals surface area contributed by atoms with Crippen molar-refractivity contribution < 1.29 is 4.74 Å². The Morgan fingerprint density at radius 3 is 2.47 bits per heavy atom. The lowest BCUT2D eigenvalue weighted by Crippen LogP contribution is -2.13. The molecule has 0 fully saturated rings. The lowest BCUT2D eigenvalue weighted by atomic mass is 10.2. The minimum Gasteiger partial charge on any atom is -0.478 e. The first-order chi connectivity index (χ1) is 9.40. The van der Waals surface area contributed by atoms with Gasteiger partial charge >= 0.3 is 0 Å². The van der Waals surface area contributed by atoms with E-state index in [1.807, 2.05) is 48.5 Å². The minimum absolute atomic E-state index is 0.0791. The molecule has 0 aromatic heterocycles. The fourth-order valence-corrected chi connectivity index (χ4v) is 1.84. The summed E-state index contributed by atoms with van der Waals surface area (Å²) in [6.45, 7) is 1.61. The molecule has 0 aliphatic rings. The van der Waals surface area contributed by atoms with E-state index in [0.29, 0.717) is 0 Å². The topological polar surface area (TPSA) is 45.0 Å². The number of nitriles is 1. The van der Waals surface area contributed by atoms with Gasteiger partial charge in [-0.25, -0.2) is 0 Å². The van der Waals surface area contributed by atoms with Crippen molar-refractivity contribution in [3.05, 3.63) is 65.7 Å². The maximum atomic E-state index is 8.55. The molecule has 3 nitrogen and oxygen atoms in total. The first kappa shape index (κ1) is 13.1. The quantitative estimate of drug-likeness (QED) is 0.859. The number of hydrogen-bond donors (Lipinski definition) is 1. The summed E-state index contributed by atoms with van der Waals surface area (Å²) in [5.74, 6) is 0.768. The van der Waals surface area contributed by atoms with Crippen molar-refractivity contribution in [2.24, 2.45) is 0 Å². The molecule has 2 aromatic carbocycles. The van der Waals surface area contributed by atoms with Gasteiger partial charge in [-0.2, -0.15) is 5.26 Å². The van der Waals surface area contributed by atoms with Gasteiger partial charge in [0.2, 0.25) is 0 Å². The number of rotatable bonds is 6. The molecule has 0 bridgehead atoms. The van der Waals surface area contributed by atoms with E-state index in [1.165, 1.54) is 5.56 Å². The molecule has 0 saturated carbocycles. The first-order valence-electron chi connectivity index (χ1n) is 6.22.